The van der Waals surface area contributed by atoms with Gasteiger partial charge >= 0.3 is 0 Å². The zero-order valence-corrected chi connectivity index (χ0v) is 38.4. The van der Waals surface area contributed by atoms with Gasteiger partial charge in [0.1, 0.15) is 11.6 Å². The normalized spacial score (nSPS) is 14.2. The average Bonchev–Trinajstić information content (AvgIpc) is 4.15. The molecule has 10 aromatic carbocycles. The van der Waals surface area contributed by atoms with Crippen LogP contribution in [0.5, 0.6) is 0 Å². The van der Waals surface area contributed by atoms with Gasteiger partial charge in [0.25, 0.3) is 0 Å². The Balaban J connectivity index is 1.07. The lowest BCUT2D eigenvalue weighted by molar-refractivity contribution is 0.792. The van der Waals surface area contributed by atoms with E-state index in [1.54, 1.807) is 0 Å². The Morgan fingerprint density at radius 1 is 0.352 bits per heavy atom. The maximum absolute atomic E-state index is 11.9. The summed E-state index contributed by atoms with van der Waals surface area (Å²) in [5.74, 6) is 0. The van der Waals surface area contributed by atoms with Crippen molar-refractivity contribution in [2.75, 3.05) is 0 Å². The van der Waals surface area contributed by atoms with Gasteiger partial charge in [0.05, 0.1) is 38.9 Å². The van der Waals surface area contributed by atoms with E-state index in [1.165, 1.54) is 44.5 Å². The Morgan fingerprint density at radius 2 is 0.831 bits per heavy atom. The number of fused-ring (bicyclic) bond motifs is 16. The largest absolute Gasteiger partial charge is 0.308 e. The SMILES string of the molecule is N#Cc1c(-n2c3ccccc3c3cc(-c4ccccc4)ccc32)cc(-c2cccc3c2-c2ccccc2C32c3ccccc3-c3cnccc32)cc1-n1c2ccccc2c2cc(-c3ccccc3)ccc21. The summed E-state index contributed by atoms with van der Waals surface area (Å²) in [5.41, 5.74) is 22.4. The van der Waals surface area contributed by atoms with Crippen LogP contribution in [0.1, 0.15) is 27.8 Å². The first-order valence-corrected chi connectivity index (χ1v) is 24.2. The molecule has 2 aliphatic rings. The number of aromatic nitrogens is 3. The van der Waals surface area contributed by atoms with E-state index >= 15 is 0 Å². The van der Waals surface area contributed by atoms with E-state index in [2.05, 4.69) is 251 Å². The van der Waals surface area contributed by atoms with Crippen LogP contribution in [0, 0.1) is 11.3 Å². The number of benzene rings is 10. The fourth-order valence-electron chi connectivity index (χ4n) is 12.6. The van der Waals surface area contributed by atoms with Crippen molar-refractivity contribution in [3.8, 4) is 73.1 Å². The summed E-state index contributed by atoms with van der Waals surface area (Å²) in [5, 5.41) is 16.4. The number of hydrogen-bond acceptors (Lipinski definition) is 2. The lowest BCUT2D eigenvalue weighted by atomic mass is 9.70. The molecule has 0 amide bonds. The third kappa shape index (κ3) is 5.40. The smallest absolute Gasteiger partial charge is 0.104 e. The van der Waals surface area contributed by atoms with E-state index in [4.69, 9.17) is 0 Å². The van der Waals surface area contributed by atoms with Crippen molar-refractivity contribution < 1.29 is 0 Å². The van der Waals surface area contributed by atoms with E-state index in [1.807, 2.05) is 12.4 Å². The predicted molar refractivity (Wildman–Crippen MR) is 290 cm³/mol. The number of pyridine rings is 1. The molecule has 1 unspecified atom stereocenters. The zero-order valence-electron chi connectivity index (χ0n) is 38.4. The summed E-state index contributed by atoms with van der Waals surface area (Å²) in [7, 11) is 0. The molecule has 0 saturated heterocycles. The molecule has 71 heavy (non-hydrogen) atoms. The molecule has 3 aromatic heterocycles. The van der Waals surface area contributed by atoms with Crippen LogP contribution < -0.4 is 0 Å². The first-order chi connectivity index (χ1) is 35.2. The maximum Gasteiger partial charge on any atom is 0.104 e. The Kier molecular flexibility index (Phi) is 8.31. The second-order valence-corrected chi connectivity index (χ2v) is 18.9. The minimum atomic E-state index is -0.540. The van der Waals surface area contributed by atoms with Gasteiger partial charge < -0.3 is 9.13 Å². The highest BCUT2D eigenvalue weighted by molar-refractivity contribution is 6.13. The Labute approximate surface area is 410 Å². The third-order valence-electron chi connectivity index (χ3n) is 15.5. The molecule has 4 nitrogen and oxygen atoms in total. The average molecular weight is 901 g/mol. The summed E-state index contributed by atoms with van der Waals surface area (Å²) in [6, 6.07) is 86.3. The molecule has 1 atom stereocenters. The Morgan fingerprint density at radius 3 is 1.44 bits per heavy atom. The molecular weight excluding hydrogens is 861 g/mol. The van der Waals surface area contributed by atoms with Crippen LogP contribution in [0.15, 0.2) is 243 Å². The van der Waals surface area contributed by atoms with Crippen molar-refractivity contribution in [2.24, 2.45) is 0 Å². The molecule has 0 bridgehead atoms. The van der Waals surface area contributed by atoms with Gasteiger partial charge in [0.15, 0.2) is 0 Å². The molecule has 4 heteroatoms. The summed E-state index contributed by atoms with van der Waals surface area (Å²) in [4.78, 5) is 4.67. The highest BCUT2D eigenvalue weighted by atomic mass is 15.0. The second kappa shape index (κ2) is 15.0. The van der Waals surface area contributed by atoms with Crippen molar-refractivity contribution in [1.82, 2.24) is 14.1 Å². The van der Waals surface area contributed by atoms with E-state index in [9.17, 15) is 5.26 Å². The lowest BCUT2D eigenvalue weighted by Gasteiger charge is -2.30. The van der Waals surface area contributed by atoms with E-state index < -0.39 is 5.41 Å². The minimum absolute atomic E-state index is 0.540. The zero-order chi connectivity index (χ0) is 46.8. The Bertz CT molecular complexity index is 4190. The summed E-state index contributed by atoms with van der Waals surface area (Å²) in [6.07, 6.45) is 3.98. The lowest BCUT2D eigenvalue weighted by Crippen LogP contribution is -2.25. The number of nitrogens with zero attached hydrogens (tertiary/aromatic N) is 4. The van der Waals surface area contributed by atoms with Crippen LogP contribution in [0.4, 0.5) is 0 Å². The van der Waals surface area contributed by atoms with Crippen molar-refractivity contribution in [3.05, 3.63) is 271 Å². The molecule has 0 saturated carbocycles. The van der Waals surface area contributed by atoms with Gasteiger partial charge in [-0.1, -0.05) is 176 Å². The van der Waals surface area contributed by atoms with E-state index in [0.717, 1.165) is 88.4 Å². The van der Waals surface area contributed by atoms with Crippen LogP contribution in [0.25, 0.3) is 111 Å². The standard InChI is InChI=1S/C67H40N4/c68-40-54-64(70-60-28-13-9-21-49(60)52-36-44(30-32-62(52)70)42-16-3-1-4-17-42)38-46(39-65(54)71-61-29-14-10-22-50(61)53-37-45(31-33-63(53)71)43-18-5-2-6-19-43)47-24-15-27-59-66(47)51-23-8-12-26-57(51)67(59)56-25-11-7-20-48(56)55-41-69-35-34-58(55)67/h1-39,41H. The van der Waals surface area contributed by atoms with Gasteiger partial charge in [0.2, 0.25) is 0 Å². The molecule has 2 aliphatic carbocycles. The highest BCUT2D eigenvalue weighted by Crippen LogP contribution is 2.64. The monoisotopic (exact) mass is 900 g/mol. The van der Waals surface area contributed by atoms with Crippen molar-refractivity contribution in [1.29, 1.82) is 5.26 Å². The molecule has 3 heterocycles. The highest BCUT2D eigenvalue weighted by Gasteiger charge is 2.52. The first-order valence-electron chi connectivity index (χ1n) is 24.2. The maximum atomic E-state index is 11.9. The van der Waals surface area contributed by atoms with Gasteiger partial charge in [-0.25, -0.2) is 0 Å². The van der Waals surface area contributed by atoms with Crippen molar-refractivity contribution in [2.45, 2.75) is 5.41 Å². The van der Waals surface area contributed by atoms with Gasteiger partial charge in [-0.3, -0.25) is 4.98 Å². The fraction of sp³-hybridized carbons (Fsp3) is 0.0149. The summed E-state index contributed by atoms with van der Waals surface area (Å²) in [6.45, 7) is 0. The number of hydrogen-bond donors (Lipinski definition) is 0. The van der Waals surface area contributed by atoms with Gasteiger partial charge in [-0.2, -0.15) is 5.26 Å². The van der Waals surface area contributed by atoms with Crippen LogP contribution in [-0.4, -0.2) is 14.1 Å². The molecule has 0 fully saturated rings. The molecule has 328 valence electrons. The number of nitriles is 1. The van der Waals surface area contributed by atoms with Crippen LogP contribution in [-0.2, 0) is 5.41 Å². The predicted octanol–water partition coefficient (Wildman–Crippen LogP) is 16.5. The quantitative estimate of drug-likeness (QED) is 0.173. The van der Waals surface area contributed by atoms with Gasteiger partial charge in [-0.05, 0) is 127 Å². The van der Waals surface area contributed by atoms with Gasteiger partial charge in [0, 0.05) is 39.5 Å². The first kappa shape index (κ1) is 39.4. The summed E-state index contributed by atoms with van der Waals surface area (Å²) < 4.78 is 4.67. The molecule has 1 spiro atoms. The fourth-order valence-corrected chi connectivity index (χ4v) is 12.6. The molecule has 13 aromatic rings. The molecule has 0 N–H and O–H groups in total. The minimum Gasteiger partial charge on any atom is -0.308 e. The molecular formula is C67H40N4. The molecule has 0 aliphatic heterocycles. The van der Waals surface area contributed by atoms with Crippen LogP contribution >= 0.6 is 0 Å². The van der Waals surface area contributed by atoms with E-state index in [0.29, 0.717) is 5.56 Å². The van der Waals surface area contributed by atoms with E-state index in [-0.39, 0.29) is 0 Å². The van der Waals surface area contributed by atoms with Gasteiger partial charge in [-0.15, -0.1) is 0 Å². The Hall–Kier alpha value is -9.56. The van der Waals surface area contributed by atoms with Crippen molar-refractivity contribution >= 4 is 43.6 Å². The molecule has 15 rings (SSSR count). The van der Waals surface area contributed by atoms with Crippen LogP contribution in [0.3, 0.4) is 0 Å². The second-order valence-electron chi connectivity index (χ2n) is 18.9. The summed E-state index contributed by atoms with van der Waals surface area (Å²) >= 11 is 0. The third-order valence-corrected chi connectivity index (χ3v) is 15.5. The topological polar surface area (TPSA) is 46.5 Å². The molecule has 0 radical (unpaired) electrons. The number of rotatable bonds is 5. The number of para-hydroxylation sites is 2. The van der Waals surface area contributed by atoms with Crippen molar-refractivity contribution in [3.63, 3.8) is 0 Å². The van der Waals surface area contributed by atoms with Crippen LogP contribution in [0.2, 0.25) is 0 Å².